The Morgan fingerprint density at radius 2 is 2.06 bits per heavy atom. The number of sulfonamides is 1. The number of nitrogens with zero attached hydrogens (tertiary/aromatic N) is 1. The average molecular weight is 289 g/mol. The number of hydrogen-bond acceptors (Lipinski definition) is 3. The van der Waals surface area contributed by atoms with Gasteiger partial charge in [0.15, 0.2) is 0 Å². The van der Waals surface area contributed by atoms with E-state index in [-0.39, 0.29) is 16.0 Å². The van der Waals surface area contributed by atoms with Crippen molar-refractivity contribution in [1.29, 1.82) is 0 Å². The van der Waals surface area contributed by atoms with E-state index in [4.69, 9.17) is 11.6 Å². The van der Waals surface area contributed by atoms with E-state index in [0.717, 1.165) is 6.42 Å². The predicted octanol–water partition coefficient (Wildman–Crippen LogP) is 1.71. The Hall–Kier alpha value is -0.620. The lowest BCUT2D eigenvalue weighted by molar-refractivity contribution is 0.242. The van der Waals surface area contributed by atoms with Crippen LogP contribution in [0.3, 0.4) is 0 Å². The van der Waals surface area contributed by atoms with E-state index in [1.54, 1.807) is 28.6 Å². The van der Waals surface area contributed by atoms with Gasteiger partial charge < -0.3 is 5.32 Å². The molecule has 1 saturated heterocycles. The zero-order valence-corrected chi connectivity index (χ0v) is 11.8. The summed E-state index contributed by atoms with van der Waals surface area (Å²) in [6.45, 7) is 3.93. The molecule has 1 aliphatic rings. The Morgan fingerprint density at radius 1 is 1.39 bits per heavy atom. The second-order valence-corrected chi connectivity index (χ2v) is 6.62. The molecule has 2 rings (SSSR count). The maximum Gasteiger partial charge on any atom is 0.244 e. The van der Waals surface area contributed by atoms with Crippen LogP contribution in [-0.2, 0) is 10.0 Å². The van der Waals surface area contributed by atoms with Crippen LogP contribution in [0.4, 0.5) is 0 Å². The van der Waals surface area contributed by atoms with E-state index < -0.39 is 10.0 Å². The standard InChI is InChI=1S/C12H17ClN2O2S/c1-2-7-15(10-8-14-9-10)18(16,17)12-6-4-3-5-11(12)13/h3-6,10,14H,2,7-9H2,1H3. The van der Waals surface area contributed by atoms with Gasteiger partial charge in [0, 0.05) is 19.6 Å². The van der Waals surface area contributed by atoms with Crippen LogP contribution < -0.4 is 5.32 Å². The highest BCUT2D eigenvalue weighted by Crippen LogP contribution is 2.26. The molecule has 1 N–H and O–H groups in total. The number of rotatable bonds is 5. The zero-order chi connectivity index (χ0) is 13.2. The Labute approximate surface area is 113 Å². The van der Waals surface area contributed by atoms with Crippen molar-refractivity contribution in [3.63, 3.8) is 0 Å². The van der Waals surface area contributed by atoms with Gasteiger partial charge in [0.05, 0.1) is 11.1 Å². The Bertz CT molecular complexity index is 515. The summed E-state index contributed by atoms with van der Waals surface area (Å²) < 4.78 is 26.7. The highest BCUT2D eigenvalue weighted by Gasteiger charge is 2.35. The summed E-state index contributed by atoms with van der Waals surface area (Å²) in [6, 6.07) is 6.65. The number of hydrogen-bond donors (Lipinski definition) is 1. The van der Waals surface area contributed by atoms with E-state index in [1.165, 1.54) is 0 Å². The van der Waals surface area contributed by atoms with Crippen molar-refractivity contribution in [2.75, 3.05) is 19.6 Å². The Kier molecular flexibility index (Phi) is 4.27. The molecule has 1 heterocycles. The van der Waals surface area contributed by atoms with Crippen LogP contribution in [-0.4, -0.2) is 38.4 Å². The molecule has 0 bridgehead atoms. The molecule has 0 aromatic heterocycles. The van der Waals surface area contributed by atoms with E-state index in [9.17, 15) is 8.42 Å². The van der Waals surface area contributed by atoms with Gasteiger partial charge in [-0.3, -0.25) is 0 Å². The van der Waals surface area contributed by atoms with Crippen LogP contribution in [0, 0.1) is 0 Å². The minimum atomic E-state index is -3.49. The predicted molar refractivity (Wildman–Crippen MR) is 72.3 cm³/mol. The quantitative estimate of drug-likeness (QED) is 0.897. The molecule has 100 valence electrons. The molecule has 18 heavy (non-hydrogen) atoms. The minimum absolute atomic E-state index is 0.0474. The van der Waals surface area contributed by atoms with Crippen LogP contribution in [0.15, 0.2) is 29.2 Å². The Balaban J connectivity index is 2.36. The number of halogens is 1. The minimum Gasteiger partial charge on any atom is -0.313 e. The molecule has 4 nitrogen and oxygen atoms in total. The fourth-order valence-corrected chi connectivity index (χ4v) is 4.19. The second-order valence-electron chi connectivity index (χ2n) is 4.36. The van der Waals surface area contributed by atoms with Crippen molar-refractivity contribution in [1.82, 2.24) is 9.62 Å². The molecular formula is C12H17ClN2O2S. The molecule has 0 atom stereocenters. The van der Waals surface area contributed by atoms with E-state index in [0.29, 0.717) is 19.6 Å². The van der Waals surface area contributed by atoms with Crippen LogP contribution in [0.2, 0.25) is 5.02 Å². The molecule has 0 radical (unpaired) electrons. The Morgan fingerprint density at radius 3 is 2.56 bits per heavy atom. The maximum absolute atomic E-state index is 12.6. The molecule has 1 aliphatic heterocycles. The summed E-state index contributed by atoms with van der Waals surface area (Å²) in [4.78, 5) is 0.201. The van der Waals surface area contributed by atoms with Gasteiger partial charge in [0.25, 0.3) is 0 Å². The molecule has 1 aromatic rings. The smallest absolute Gasteiger partial charge is 0.244 e. The van der Waals surface area contributed by atoms with Crippen molar-refractivity contribution >= 4 is 21.6 Å². The summed E-state index contributed by atoms with van der Waals surface area (Å²) >= 11 is 6.00. The van der Waals surface area contributed by atoms with Crippen molar-refractivity contribution in [2.45, 2.75) is 24.3 Å². The summed E-state index contributed by atoms with van der Waals surface area (Å²) in [7, 11) is -3.49. The lowest BCUT2D eigenvalue weighted by Gasteiger charge is -2.37. The summed E-state index contributed by atoms with van der Waals surface area (Å²) in [5, 5.41) is 3.38. The molecule has 1 fully saturated rings. The van der Waals surface area contributed by atoms with Crippen molar-refractivity contribution in [3.05, 3.63) is 29.3 Å². The molecule has 0 unspecified atom stereocenters. The van der Waals surface area contributed by atoms with Gasteiger partial charge in [-0.05, 0) is 18.6 Å². The largest absolute Gasteiger partial charge is 0.313 e. The van der Waals surface area contributed by atoms with Gasteiger partial charge >= 0.3 is 0 Å². The molecule has 0 aliphatic carbocycles. The van der Waals surface area contributed by atoms with Crippen LogP contribution in [0.25, 0.3) is 0 Å². The second kappa shape index (κ2) is 5.57. The molecule has 0 amide bonds. The van der Waals surface area contributed by atoms with Crippen LogP contribution in [0.1, 0.15) is 13.3 Å². The number of nitrogens with one attached hydrogen (secondary N) is 1. The van der Waals surface area contributed by atoms with Crippen LogP contribution in [0.5, 0.6) is 0 Å². The third kappa shape index (κ3) is 2.54. The molecule has 0 saturated carbocycles. The van der Waals surface area contributed by atoms with E-state index in [1.807, 2.05) is 6.92 Å². The molecule has 0 spiro atoms. The normalized spacial score (nSPS) is 16.8. The van der Waals surface area contributed by atoms with Crippen molar-refractivity contribution in [2.24, 2.45) is 0 Å². The van der Waals surface area contributed by atoms with E-state index in [2.05, 4.69) is 5.32 Å². The lowest BCUT2D eigenvalue weighted by atomic mass is 10.2. The van der Waals surface area contributed by atoms with Gasteiger partial charge in [-0.25, -0.2) is 8.42 Å². The third-order valence-electron chi connectivity index (χ3n) is 3.03. The first-order valence-electron chi connectivity index (χ1n) is 6.04. The van der Waals surface area contributed by atoms with Gasteiger partial charge in [0.2, 0.25) is 10.0 Å². The molecule has 6 heteroatoms. The topological polar surface area (TPSA) is 49.4 Å². The highest BCUT2D eigenvalue weighted by atomic mass is 35.5. The lowest BCUT2D eigenvalue weighted by Crippen LogP contribution is -2.58. The fraction of sp³-hybridized carbons (Fsp3) is 0.500. The van der Waals surface area contributed by atoms with Gasteiger partial charge in [0.1, 0.15) is 4.90 Å². The first kappa shape index (κ1) is 13.8. The monoisotopic (exact) mass is 288 g/mol. The summed E-state index contributed by atoms with van der Waals surface area (Å²) in [5.74, 6) is 0. The van der Waals surface area contributed by atoms with Crippen molar-refractivity contribution in [3.8, 4) is 0 Å². The first-order chi connectivity index (χ1) is 8.57. The summed E-state index contributed by atoms with van der Waals surface area (Å²) in [6.07, 6.45) is 0.792. The molecular weight excluding hydrogens is 272 g/mol. The summed E-state index contributed by atoms with van der Waals surface area (Å²) in [5.41, 5.74) is 0. The number of benzene rings is 1. The molecule has 1 aromatic carbocycles. The van der Waals surface area contributed by atoms with Gasteiger partial charge in [-0.2, -0.15) is 4.31 Å². The highest BCUT2D eigenvalue weighted by molar-refractivity contribution is 7.89. The maximum atomic E-state index is 12.6. The van der Waals surface area contributed by atoms with Gasteiger partial charge in [-0.1, -0.05) is 30.7 Å². The van der Waals surface area contributed by atoms with Gasteiger partial charge in [-0.15, -0.1) is 0 Å². The SMILES string of the molecule is CCCN(C1CNC1)S(=O)(=O)c1ccccc1Cl. The zero-order valence-electron chi connectivity index (χ0n) is 10.3. The van der Waals surface area contributed by atoms with E-state index >= 15 is 0 Å². The van der Waals surface area contributed by atoms with Crippen LogP contribution >= 0.6 is 11.6 Å². The van der Waals surface area contributed by atoms with Crippen molar-refractivity contribution < 1.29 is 8.42 Å². The fourth-order valence-electron chi connectivity index (χ4n) is 1.98. The first-order valence-corrected chi connectivity index (χ1v) is 7.86. The third-order valence-corrected chi connectivity index (χ3v) is 5.49. The average Bonchev–Trinajstić information content (AvgIpc) is 2.26.